The second-order valence-corrected chi connectivity index (χ2v) is 7.39. The molecule has 1 aromatic carbocycles. The van der Waals surface area contributed by atoms with Gasteiger partial charge in [0.15, 0.2) is 0 Å². The Hall–Kier alpha value is -2.53. The van der Waals surface area contributed by atoms with Crippen LogP contribution in [0.1, 0.15) is 40.5 Å². The Morgan fingerprint density at radius 2 is 2.00 bits per heavy atom. The van der Waals surface area contributed by atoms with Crippen LogP contribution in [0.2, 0.25) is 0 Å². The molecule has 3 rings (SSSR count). The molecule has 8 heteroatoms. The van der Waals surface area contributed by atoms with Gasteiger partial charge in [-0.15, -0.1) is 0 Å². The highest BCUT2D eigenvalue weighted by Crippen LogP contribution is 2.41. The van der Waals surface area contributed by atoms with Crippen molar-refractivity contribution < 1.29 is 18.0 Å². The molecule has 27 heavy (non-hydrogen) atoms. The quantitative estimate of drug-likeness (QED) is 0.768. The summed E-state index contributed by atoms with van der Waals surface area (Å²) in [5.74, 6) is -0.297. The lowest BCUT2D eigenvalue weighted by Crippen LogP contribution is -2.30. The Labute approximate surface area is 158 Å². The van der Waals surface area contributed by atoms with E-state index in [2.05, 4.69) is 10.3 Å². The van der Waals surface area contributed by atoms with Crippen molar-refractivity contribution in [2.24, 2.45) is 0 Å². The molecule has 1 aliphatic carbocycles. The average molecular weight is 391 g/mol. The maximum absolute atomic E-state index is 13.3. The van der Waals surface area contributed by atoms with E-state index in [1.807, 2.05) is 0 Å². The molecule has 1 saturated carbocycles. The summed E-state index contributed by atoms with van der Waals surface area (Å²) in [4.78, 5) is 16.8. The standard InChI is InChI=1S/C19H16F3N3OS/c1-11-9-15(19(20,21)22)14(10-23)18(24-11)27-16(12-5-3-2-4-6-12)17(26)25-13-7-8-13/h2-6,9,13,16H,7-8H2,1H3,(H,25,26)/t16-/m1/s1. The highest BCUT2D eigenvalue weighted by Gasteiger charge is 2.37. The number of nitriles is 1. The van der Waals surface area contributed by atoms with Gasteiger partial charge < -0.3 is 5.32 Å². The second-order valence-electron chi connectivity index (χ2n) is 6.29. The van der Waals surface area contributed by atoms with Crippen LogP contribution in [0.25, 0.3) is 0 Å². The molecule has 1 heterocycles. The number of thioether (sulfide) groups is 1. The molecule has 2 aromatic rings. The fraction of sp³-hybridized carbons (Fsp3) is 0.316. The van der Waals surface area contributed by atoms with Gasteiger partial charge in [-0.25, -0.2) is 4.98 Å². The van der Waals surface area contributed by atoms with E-state index in [0.717, 1.165) is 30.7 Å². The van der Waals surface area contributed by atoms with Crippen molar-refractivity contribution in [2.45, 2.75) is 42.3 Å². The van der Waals surface area contributed by atoms with Gasteiger partial charge in [0, 0.05) is 11.7 Å². The van der Waals surface area contributed by atoms with E-state index in [1.54, 1.807) is 36.4 Å². The molecule has 0 saturated heterocycles. The summed E-state index contributed by atoms with van der Waals surface area (Å²) in [6.45, 7) is 1.43. The second kappa shape index (κ2) is 7.61. The fourth-order valence-corrected chi connectivity index (χ4v) is 3.74. The van der Waals surface area contributed by atoms with Gasteiger partial charge in [-0.05, 0) is 31.4 Å². The van der Waals surface area contributed by atoms with E-state index >= 15 is 0 Å². The number of aromatic nitrogens is 1. The zero-order valence-electron chi connectivity index (χ0n) is 14.4. The number of nitrogens with zero attached hydrogens (tertiary/aromatic N) is 2. The molecule has 1 aromatic heterocycles. The zero-order valence-corrected chi connectivity index (χ0v) is 15.2. The lowest BCUT2D eigenvalue weighted by atomic mass is 10.1. The molecule has 1 amide bonds. The third-order valence-corrected chi connectivity index (χ3v) is 5.27. The van der Waals surface area contributed by atoms with Gasteiger partial charge in [0.1, 0.15) is 16.3 Å². The van der Waals surface area contributed by atoms with Crippen LogP contribution in [-0.2, 0) is 11.0 Å². The molecule has 1 aliphatic rings. The van der Waals surface area contributed by atoms with Crippen molar-refractivity contribution >= 4 is 17.7 Å². The van der Waals surface area contributed by atoms with Gasteiger partial charge in [0.25, 0.3) is 0 Å². The number of rotatable bonds is 5. The van der Waals surface area contributed by atoms with E-state index in [1.165, 1.54) is 6.92 Å². The van der Waals surface area contributed by atoms with Crippen molar-refractivity contribution in [1.29, 1.82) is 5.26 Å². The summed E-state index contributed by atoms with van der Waals surface area (Å²) >= 11 is 0.870. The summed E-state index contributed by atoms with van der Waals surface area (Å²) in [7, 11) is 0. The minimum Gasteiger partial charge on any atom is -0.352 e. The number of carbonyl (C=O) groups excluding carboxylic acids is 1. The molecule has 1 fully saturated rings. The molecule has 0 aliphatic heterocycles. The van der Waals surface area contributed by atoms with Crippen LogP contribution in [0.15, 0.2) is 41.4 Å². The van der Waals surface area contributed by atoms with Gasteiger partial charge in [-0.2, -0.15) is 18.4 Å². The molecule has 0 spiro atoms. The Morgan fingerprint density at radius 3 is 2.56 bits per heavy atom. The van der Waals surface area contributed by atoms with Crippen LogP contribution < -0.4 is 5.32 Å². The smallest absolute Gasteiger partial charge is 0.352 e. The van der Waals surface area contributed by atoms with Crippen molar-refractivity contribution in [3.05, 3.63) is 58.8 Å². The summed E-state index contributed by atoms with van der Waals surface area (Å²) in [5.41, 5.74) is -0.813. The van der Waals surface area contributed by atoms with Gasteiger partial charge in [0.2, 0.25) is 5.91 Å². The van der Waals surface area contributed by atoms with Crippen molar-refractivity contribution in [1.82, 2.24) is 10.3 Å². The first-order valence-electron chi connectivity index (χ1n) is 8.30. The normalized spacial score (nSPS) is 15.1. The number of alkyl halides is 3. The first kappa shape index (κ1) is 19.2. The first-order valence-corrected chi connectivity index (χ1v) is 9.18. The van der Waals surface area contributed by atoms with Gasteiger partial charge in [0.05, 0.1) is 11.1 Å². The van der Waals surface area contributed by atoms with Crippen LogP contribution in [-0.4, -0.2) is 16.9 Å². The monoisotopic (exact) mass is 391 g/mol. The predicted molar refractivity (Wildman–Crippen MR) is 94.9 cm³/mol. The molecule has 0 unspecified atom stereocenters. The molecule has 1 atom stereocenters. The minimum absolute atomic E-state index is 0.0929. The SMILES string of the molecule is Cc1cc(C(F)(F)F)c(C#N)c(S[C@@H](C(=O)NC2CC2)c2ccccc2)n1. The number of carbonyl (C=O) groups is 1. The highest BCUT2D eigenvalue weighted by molar-refractivity contribution is 8.00. The maximum Gasteiger partial charge on any atom is 0.417 e. The highest BCUT2D eigenvalue weighted by atomic mass is 32.2. The number of benzene rings is 1. The van der Waals surface area contributed by atoms with E-state index in [9.17, 15) is 23.2 Å². The number of hydrogen-bond donors (Lipinski definition) is 1. The molecular weight excluding hydrogens is 375 g/mol. The number of amides is 1. The van der Waals surface area contributed by atoms with Crippen molar-refractivity contribution in [3.8, 4) is 6.07 Å². The van der Waals surface area contributed by atoms with E-state index in [4.69, 9.17) is 0 Å². The minimum atomic E-state index is -4.67. The van der Waals surface area contributed by atoms with E-state index < -0.39 is 22.6 Å². The topological polar surface area (TPSA) is 65.8 Å². The fourth-order valence-electron chi connectivity index (χ4n) is 2.58. The Morgan fingerprint density at radius 1 is 1.33 bits per heavy atom. The van der Waals surface area contributed by atoms with Gasteiger partial charge in [-0.1, -0.05) is 42.1 Å². The number of hydrogen-bond acceptors (Lipinski definition) is 4. The lowest BCUT2D eigenvalue weighted by molar-refractivity contribution is -0.138. The molecule has 140 valence electrons. The molecule has 1 N–H and O–H groups in total. The summed E-state index contributed by atoms with van der Waals surface area (Å²) in [6.07, 6.45) is -2.89. The van der Waals surface area contributed by atoms with Crippen molar-refractivity contribution in [2.75, 3.05) is 0 Å². The van der Waals surface area contributed by atoms with Crippen LogP contribution in [0.5, 0.6) is 0 Å². The van der Waals surface area contributed by atoms with E-state index in [0.29, 0.717) is 5.56 Å². The first-order chi connectivity index (χ1) is 12.8. The number of halogens is 3. The molecule has 0 radical (unpaired) electrons. The van der Waals surface area contributed by atoms with Crippen LogP contribution in [0.4, 0.5) is 13.2 Å². The molecular formula is C19H16F3N3OS. The summed E-state index contributed by atoms with van der Waals surface area (Å²) < 4.78 is 40.0. The Balaban J connectivity index is 2.02. The third kappa shape index (κ3) is 4.61. The van der Waals surface area contributed by atoms with Crippen LogP contribution in [0, 0.1) is 18.3 Å². The molecule has 4 nitrogen and oxygen atoms in total. The average Bonchev–Trinajstić information content (AvgIpc) is 3.43. The number of aryl methyl sites for hydroxylation is 1. The maximum atomic E-state index is 13.3. The van der Waals surface area contributed by atoms with Crippen LogP contribution in [0.3, 0.4) is 0 Å². The lowest BCUT2D eigenvalue weighted by Gasteiger charge is -2.19. The number of pyridine rings is 1. The Bertz CT molecular complexity index is 890. The molecule has 0 bridgehead atoms. The number of nitrogens with one attached hydrogen (secondary N) is 1. The third-order valence-electron chi connectivity index (χ3n) is 4.03. The predicted octanol–water partition coefficient (Wildman–Crippen LogP) is 4.39. The van der Waals surface area contributed by atoms with Crippen LogP contribution >= 0.6 is 11.8 Å². The summed E-state index contributed by atoms with van der Waals surface area (Å²) in [5, 5.41) is 11.3. The van der Waals surface area contributed by atoms with Gasteiger partial charge in [-0.3, -0.25) is 4.79 Å². The largest absolute Gasteiger partial charge is 0.417 e. The van der Waals surface area contributed by atoms with Crippen molar-refractivity contribution in [3.63, 3.8) is 0 Å². The summed E-state index contributed by atoms with van der Waals surface area (Å²) in [6, 6.07) is 11.3. The Kier molecular flexibility index (Phi) is 5.42. The van der Waals surface area contributed by atoms with Gasteiger partial charge >= 0.3 is 6.18 Å². The zero-order chi connectivity index (χ0) is 19.6. The van der Waals surface area contributed by atoms with E-state index in [-0.39, 0.29) is 22.7 Å².